The Morgan fingerprint density at radius 2 is 2.12 bits per heavy atom. The Morgan fingerprint density at radius 3 is 2.92 bits per heavy atom. The number of nitrogens with one attached hydrogen (secondary N) is 1. The normalized spacial score (nSPS) is 21.7. The van der Waals surface area contributed by atoms with Gasteiger partial charge in [0.25, 0.3) is 0 Å². The number of thioether (sulfide) groups is 1. The van der Waals surface area contributed by atoms with Crippen LogP contribution in [0.4, 0.5) is 5.82 Å². The Balaban J connectivity index is 1.56. The lowest BCUT2D eigenvalue weighted by molar-refractivity contribution is -0.135. The first-order chi connectivity index (χ1) is 11.6. The maximum Gasteiger partial charge on any atom is 0.229 e. The van der Waals surface area contributed by atoms with Crippen molar-refractivity contribution in [3.8, 4) is 0 Å². The highest BCUT2D eigenvalue weighted by molar-refractivity contribution is 9.10. The second-order valence-corrected chi connectivity index (χ2v) is 8.22. The van der Waals surface area contributed by atoms with Gasteiger partial charge in [-0.3, -0.25) is 19.6 Å². The average Bonchev–Trinajstić information content (AvgIpc) is 3.17. The maximum atomic E-state index is 12.7. The molecule has 4 rings (SSSR count). The first-order valence-electron chi connectivity index (χ1n) is 7.94. The van der Waals surface area contributed by atoms with Crippen LogP contribution in [0.5, 0.6) is 0 Å². The molecule has 0 saturated carbocycles. The number of rotatable bonds is 2. The van der Waals surface area contributed by atoms with Gasteiger partial charge in [0.2, 0.25) is 11.8 Å². The van der Waals surface area contributed by atoms with Crippen LogP contribution in [0.15, 0.2) is 22.7 Å². The molecule has 2 saturated heterocycles. The fraction of sp³-hybridized carbons (Fsp3) is 0.438. The molecule has 1 aromatic carbocycles. The van der Waals surface area contributed by atoms with E-state index in [0.29, 0.717) is 12.4 Å². The molecule has 126 valence electrons. The monoisotopic (exact) mass is 408 g/mol. The standard InChI is InChI=1S/C16H17BrN4O2S/c17-11-1-2-12-13(8-11)18-19-15(12)21-9-10(7-14(21)22)16(23)20-3-5-24-6-4-20/h1-2,8,10H,3-7,9H2,(H,18,19)/t10-/m0/s1. The topological polar surface area (TPSA) is 69.3 Å². The molecule has 0 radical (unpaired) electrons. The predicted molar refractivity (Wildman–Crippen MR) is 98.2 cm³/mol. The average molecular weight is 409 g/mol. The van der Waals surface area contributed by atoms with Crippen molar-refractivity contribution in [1.82, 2.24) is 15.1 Å². The fourth-order valence-electron chi connectivity index (χ4n) is 3.30. The number of hydrogen-bond acceptors (Lipinski definition) is 4. The second-order valence-electron chi connectivity index (χ2n) is 6.08. The summed E-state index contributed by atoms with van der Waals surface area (Å²) in [6.07, 6.45) is 0.271. The van der Waals surface area contributed by atoms with Crippen LogP contribution < -0.4 is 4.90 Å². The molecule has 6 nitrogen and oxygen atoms in total. The summed E-state index contributed by atoms with van der Waals surface area (Å²) in [6.45, 7) is 1.98. The summed E-state index contributed by atoms with van der Waals surface area (Å²) in [4.78, 5) is 28.7. The van der Waals surface area contributed by atoms with E-state index in [-0.39, 0.29) is 24.2 Å². The molecule has 2 amide bonds. The minimum Gasteiger partial charge on any atom is -0.341 e. The van der Waals surface area contributed by atoms with Gasteiger partial charge in [-0.05, 0) is 18.2 Å². The van der Waals surface area contributed by atoms with Crippen molar-refractivity contribution >= 4 is 56.2 Å². The largest absolute Gasteiger partial charge is 0.341 e. The molecule has 2 aliphatic rings. The zero-order valence-corrected chi connectivity index (χ0v) is 15.4. The number of H-pyrrole nitrogens is 1. The minimum absolute atomic E-state index is 0.0314. The van der Waals surface area contributed by atoms with E-state index in [9.17, 15) is 9.59 Å². The molecule has 2 aromatic rings. The lowest BCUT2D eigenvalue weighted by Gasteiger charge is -2.28. The summed E-state index contributed by atoms with van der Waals surface area (Å²) >= 11 is 5.30. The number of carbonyl (C=O) groups excluding carboxylic acids is 2. The number of fused-ring (bicyclic) bond motifs is 1. The Kier molecular flexibility index (Phi) is 4.26. The first kappa shape index (κ1) is 16.0. The fourth-order valence-corrected chi connectivity index (χ4v) is 4.57. The van der Waals surface area contributed by atoms with Crippen LogP contribution in [0.3, 0.4) is 0 Å². The number of hydrogen-bond donors (Lipinski definition) is 1. The first-order valence-corrected chi connectivity index (χ1v) is 9.89. The van der Waals surface area contributed by atoms with E-state index in [4.69, 9.17) is 0 Å². The quantitative estimate of drug-likeness (QED) is 0.826. The Hall–Kier alpha value is -1.54. The number of anilines is 1. The summed E-state index contributed by atoms with van der Waals surface area (Å²) in [7, 11) is 0. The molecule has 1 aromatic heterocycles. The number of aromatic nitrogens is 2. The lowest BCUT2D eigenvalue weighted by atomic mass is 10.1. The highest BCUT2D eigenvalue weighted by Crippen LogP contribution is 2.31. The van der Waals surface area contributed by atoms with Crippen molar-refractivity contribution in [2.75, 3.05) is 36.0 Å². The summed E-state index contributed by atoms with van der Waals surface area (Å²) in [5.41, 5.74) is 0.870. The summed E-state index contributed by atoms with van der Waals surface area (Å²) in [5.74, 6) is 2.39. The van der Waals surface area contributed by atoms with Crippen molar-refractivity contribution < 1.29 is 9.59 Å². The molecule has 3 heterocycles. The number of halogens is 1. The zero-order chi connectivity index (χ0) is 16.7. The lowest BCUT2D eigenvalue weighted by Crippen LogP contribution is -2.42. The van der Waals surface area contributed by atoms with Gasteiger partial charge in [-0.25, -0.2) is 0 Å². The molecule has 0 aliphatic carbocycles. The summed E-state index contributed by atoms with van der Waals surface area (Å²) in [5, 5.41) is 8.17. The van der Waals surface area contributed by atoms with Crippen molar-refractivity contribution in [1.29, 1.82) is 0 Å². The van der Waals surface area contributed by atoms with Gasteiger partial charge in [0.1, 0.15) is 0 Å². The molecule has 1 N–H and O–H groups in total. The minimum atomic E-state index is -0.261. The highest BCUT2D eigenvalue weighted by atomic mass is 79.9. The number of amides is 2. The highest BCUT2D eigenvalue weighted by Gasteiger charge is 2.38. The summed E-state index contributed by atoms with van der Waals surface area (Å²) in [6, 6.07) is 5.79. The van der Waals surface area contributed by atoms with Crippen LogP contribution in [-0.2, 0) is 9.59 Å². The molecular weight excluding hydrogens is 392 g/mol. The van der Waals surface area contributed by atoms with Gasteiger partial charge in [-0.2, -0.15) is 16.9 Å². The van der Waals surface area contributed by atoms with Gasteiger partial charge >= 0.3 is 0 Å². The number of carbonyl (C=O) groups is 2. The van der Waals surface area contributed by atoms with E-state index in [1.807, 2.05) is 34.9 Å². The van der Waals surface area contributed by atoms with E-state index < -0.39 is 0 Å². The molecule has 8 heteroatoms. The molecule has 0 unspecified atom stereocenters. The maximum absolute atomic E-state index is 12.7. The van der Waals surface area contributed by atoms with E-state index in [1.54, 1.807) is 4.90 Å². The molecule has 0 spiro atoms. The SMILES string of the molecule is O=C([C@H]1CC(=O)N(c2n[nH]c3cc(Br)ccc23)C1)N1CCSCC1. The van der Waals surface area contributed by atoms with Crippen LogP contribution in [0.25, 0.3) is 10.9 Å². The Morgan fingerprint density at radius 1 is 1.33 bits per heavy atom. The van der Waals surface area contributed by atoms with Gasteiger partial charge in [-0.15, -0.1) is 0 Å². The third-order valence-electron chi connectivity index (χ3n) is 4.56. The predicted octanol–water partition coefficient (Wildman–Crippen LogP) is 2.25. The van der Waals surface area contributed by atoms with Gasteiger partial charge in [0.05, 0.1) is 11.4 Å². The number of aromatic amines is 1. The van der Waals surface area contributed by atoms with Crippen molar-refractivity contribution in [2.45, 2.75) is 6.42 Å². The second kappa shape index (κ2) is 6.40. The molecule has 24 heavy (non-hydrogen) atoms. The third-order valence-corrected chi connectivity index (χ3v) is 5.99. The van der Waals surface area contributed by atoms with Crippen LogP contribution >= 0.6 is 27.7 Å². The molecule has 2 fully saturated rings. The van der Waals surface area contributed by atoms with E-state index in [0.717, 1.165) is 40.0 Å². The molecule has 2 aliphatic heterocycles. The third kappa shape index (κ3) is 2.82. The van der Waals surface area contributed by atoms with Crippen LogP contribution in [-0.4, -0.2) is 58.1 Å². The summed E-state index contributed by atoms with van der Waals surface area (Å²) < 4.78 is 0.953. The van der Waals surface area contributed by atoms with Crippen molar-refractivity contribution in [2.24, 2.45) is 5.92 Å². The van der Waals surface area contributed by atoms with E-state index >= 15 is 0 Å². The van der Waals surface area contributed by atoms with Gasteiger partial charge < -0.3 is 4.90 Å². The van der Waals surface area contributed by atoms with Crippen molar-refractivity contribution in [3.05, 3.63) is 22.7 Å². The number of nitrogens with zero attached hydrogens (tertiary/aromatic N) is 3. The number of benzene rings is 1. The van der Waals surface area contributed by atoms with Crippen LogP contribution in [0.2, 0.25) is 0 Å². The Bertz CT molecular complexity index is 802. The molecule has 0 bridgehead atoms. The molecule has 1 atom stereocenters. The van der Waals surface area contributed by atoms with Crippen LogP contribution in [0.1, 0.15) is 6.42 Å². The smallest absolute Gasteiger partial charge is 0.229 e. The zero-order valence-electron chi connectivity index (χ0n) is 13.0. The van der Waals surface area contributed by atoms with Gasteiger partial charge in [-0.1, -0.05) is 15.9 Å². The van der Waals surface area contributed by atoms with E-state index in [2.05, 4.69) is 26.1 Å². The Labute approximate surface area is 152 Å². The van der Waals surface area contributed by atoms with Crippen molar-refractivity contribution in [3.63, 3.8) is 0 Å². The van der Waals surface area contributed by atoms with Crippen LogP contribution in [0, 0.1) is 5.92 Å². The van der Waals surface area contributed by atoms with E-state index in [1.165, 1.54) is 0 Å². The van der Waals surface area contributed by atoms with Gasteiger partial charge in [0, 0.05) is 47.4 Å². The van der Waals surface area contributed by atoms with Gasteiger partial charge in [0.15, 0.2) is 5.82 Å². The molecular formula is C16H17BrN4O2S.